The van der Waals surface area contributed by atoms with Crippen LogP contribution in [0.2, 0.25) is 0 Å². The molecule has 9 heteroatoms. The van der Waals surface area contributed by atoms with E-state index in [1.54, 1.807) is 36.4 Å². The summed E-state index contributed by atoms with van der Waals surface area (Å²) in [4.78, 5) is 27.6. The largest absolute Gasteiger partial charge is 0.379 e. The molecule has 2 aromatic rings. The van der Waals surface area contributed by atoms with Gasteiger partial charge in [-0.05, 0) is 49.2 Å². The molecule has 0 atom stereocenters. The Morgan fingerprint density at radius 1 is 0.818 bits per heavy atom. The van der Waals surface area contributed by atoms with E-state index in [2.05, 4.69) is 5.32 Å². The van der Waals surface area contributed by atoms with Gasteiger partial charge in [0.2, 0.25) is 10.0 Å². The van der Waals surface area contributed by atoms with Crippen LogP contribution in [0, 0.1) is 0 Å². The molecule has 2 amide bonds. The molecule has 0 aliphatic carbocycles. The molecule has 2 aromatic carbocycles. The number of likely N-dealkylation sites (tertiary alicyclic amines) is 1. The number of hydrogen-bond acceptors (Lipinski definition) is 5. The first-order chi connectivity index (χ1) is 16.0. The molecular weight excluding hydrogens is 442 g/mol. The predicted octanol–water partition coefficient (Wildman–Crippen LogP) is 2.98. The third kappa shape index (κ3) is 5.43. The molecule has 0 unspecified atom stereocenters. The highest BCUT2D eigenvalue weighted by molar-refractivity contribution is 7.89. The summed E-state index contributed by atoms with van der Waals surface area (Å²) in [6, 6.07) is 12.9. The highest BCUT2D eigenvalue weighted by Gasteiger charge is 2.30. The lowest BCUT2D eigenvalue weighted by molar-refractivity contribution is 0.0730. The first-order valence-electron chi connectivity index (χ1n) is 11.3. The quantitative estimate of drug-likeness (QED) is 0.723. The minimum Gasteiger partial charge on any atom is -0.379 e. The van der Waals surface area contributed by atoms with E-state index in [4.69, 9.17) is 4.74 Å². The van der Waals surface area contributed by atoms with Crippen LogP contribution in [0.25, 0.3) is 0 Å². The van der Waals surface area contributed by atoms with Gasteiger partial charge in [0.15, 0.2) is 0 Å². The number of amides is 2. The normalized spacial score (nSPS) is 17.9. The summed E-state index contributed by atoms with van der Waals surface area (Å²) < 4.78 is 32.8. The van der Waals surface area contributed by atoms with Gasteiger partial charge in [-0.1, -0.05) is 25.0 Å². The molecule has 2 aliphatic heterocycles. The van der Waals surface area contributed by atoms with Gasteiger partial charge in [0.25, 0.3) is 11.8 Å². The van der Waals surface area contributed by atoms with Crippen LogP contribution in [0.1, 0.15) is 46.4 Å². The summed E-state index contributed by atoms with van der Waals surface area (Å²) >= 11 is 0. The van der Waals surface area contributed by atoms with Crippen molar-refractivity contribution in [2.24, 2.45) is 0 Å². The zero-order valence-corrected chi connectivity index (χ0v) is 19.4. The number of anilines is 1. The van der Waals surface area contributed by atoms with Crippen molar-refractivity contribution in [3.8, 4) is 0 Å². The van der Waals surface area contributed by atoms with E-state index in [1.165, 1.54) is 16.4 Å². The average Bonchev–Trinajstić information content (AvgIpc) is 3.14. The average molecular weight is 472 g/mol. The zero-order chi connectivity index (χ0) is 23.3. The van der Waals surface area contributed by atoms with Crippen molar-refractivity contribution in [2.45, 2.75) is 30.6 Å². The topological polar surface area (TPSA) is 96.0 Å². The van der Waals surface area contributed by atoms with E-state index in [0.29, 0.717) is 24.5 Å². The van der Waals surface area contributed by atoms with Crippen molar-refractivity contribution in [3.63, 3.8) is 0 Å². The van der Waals surface area contributed by atoms with Gasteiger partial charge in [-0.3, -0.25) is 9.59 Å². The van der Waals surface area contributed by atoms with Crippen LogP contribution >= 0.6 is 0 Å². The fourth-order valence-corrected chi connectivity index (χ4v) is 5.75. The number of benzene rings is 2. The Bertz CT molecular complexity index is 1090. The van der Waals surface area contributed by atoms with E-state index in [-0.39, 0.29) is 29.5 Å². The molecule has 8 nitrogen and oxygen atoms in total. The smallest absolute Gasteiger partial charge is 0.257 e. The minimum absolute atomic E-state index is 0.00303. The van der Waals surface area contributed by atoms with Gasteiger partial charge in [0.1, 0.15) is 0 Å². The van der Waals surface area contributed by atoms with Gasteiger partial charge in [0, 0.05) is 37.4 Å². The fourth-order valence-electron chi connectivity index (χ4n) is 4.16. The van der Waals surface area contributed by atoms with E-state index in [1.807, 2.05) is 4.90 Å². The van der Waals surface area contributed by atoms with Crippen LogP contribution in [0.4, 0.5) is 5.69 Å². The second-order valence-corrected chi connectivity index (χ2v) is 10.2. The van der Waals surface area contributed by atoms with E-state index >= 15 is 0 Å². The van der Waals surface area contributed by atoms with Crippen LogP contribution < -0.4 is 5.32 Å². The molecule has 33 heavy (non-hydrogen) atoms. The number of morpholine rings is 1. The van der Waals surface area contributed by atoms with Crippen LogP contribution in [-0.2, 0) is 14.8 Å². The monoisotopic (exact) mass is 471 g/mol. The van der Waals surface area contributed by atoms with Gasteiger partial charge in [-0.2, -0.15) is 4.31 Å². The SMILES string of the molecule is O=C(Nc1ccc(C(=O)N2CCCCCC2)cc1)c1ccccc1S(=O)(=O)N1CCOCC1. The second kappa shape index (κ2) is 10.5. The van der Waals surface area contributed by atoms with Gasteiger partial charge >= 0.3 is 0 Å². The Morgan fingerprint density at radius 2 is 1.45 bits per heavy atom. The summed E-state index contributed by atoms with van der Waals surface area (Å²) in [6.07, 6.45) is 4.34. The lowest BCUT2D eigenvalue weighted by Gasteiger charge is -2.26. The number of nitrogens with zero attached hydrogens (tertiary/aromatic N) is 2. The molecule has 0 bridgehead atoms. The highest BCUT2D eigenvalue weighted by atomic mass is 32.2. The maximum Gasteiger partial charge on any atom is 0.257 e. The van der Waals surface area contributed by atoms with Crippen molar-refractivity contribution in [1.82, 2.24) is 9.21 Å². The van der Waals surface area contributed by atoms with Crippen molar-refractivity contribution < 1.29 is 22.7 Å². The van der Waals surface area contributed by atoms with Crippen molar-refractivity contribution in [3.05, 3.63) is 59.7 Å². The maximum absolute atomic E-state index is 13.1. The summed E-state index contributed by atoms with van der Waals surface area (Å²) in [5, 5.41) is 2.76. The number of ether oxygens (including phenoxy) is 1. The fraction of sp³-hybridized carbons (Fsp3) is 0.417. The van der Waals surface area contributed by atoms with Gasteiger partial charge < -0.3 is 15.0 Å². The summed E-state index contributed by atoms with van der Waals surface area (Å²) in [6.45, 7) is 2.71. The van der Waals surface area contributed by atoms with E-state index < -0.39 is 15.9 Å². The van der Waals surface area contributed by atoms with Crippen molar-refractivity contribution in [2.75, 3.05) is 44.7 Å². The molecule has 0 spiro atoms. The zero-order valence-electron chi connectivity index (χ0n) is 18.5. The van der Waals surface area contributed by atoms with Gasteiger partial charge in [-0.25, -0.2) is 8.42 Å². The Morgan fingerprint density at radius 3 is 2.12 bits per heavy atom. The molecular formula is C24H29N3O5S. The number of sulfonamides is 1. The minimum atomic E-state index is -3.82. The number of hydrogen-bond donors (Lipinski definition) is 1. The Kier molecular flexibility index (Phi) is 7.42. The van der Waals surface area contributed by atoms with Gasteiger partial charge in [0.05, 0.1) is 23.7 Å². The maximum atomic E-state index is 13.1. The Hall–Kier alpha value is -2.75. The van der Waals surface area contributed by atoms with Crippen LogP contribution in [0.15, 0.2) is 53.4 Å². The van der Waals surface area contributed by atoms with Crippen LogP contribution in [-0.4, -0.2) is 68.8 Å². The highest BCUT2D eigenvalue weighted by Crippen LogP contribution is 2.23. The van der Waals surface area contributed by atoms with Crippen molar-refractivity contribution in [1.29, 1.82) is 0 Å². The third-order valence-electron chi connectivity index (χ3n) is 6.00. The standard InChI is InChI=1S/C24H29N3O5S/c28-23(21-7-3-4-8-22(21)33(30,31)27-15-17-32-18-16-27)25-20-11-9-19(10-12-20)24(29)26-13-5-1-2-6-14-26/h3-4,7-12H,1-2,5-6,13-18H2,(H,25,28). The van der Waals surface area contributed by atoms with Crippen molar-refractivity contribution >= 4 is 27.5 Å². The Balaban J connectivity index is 1.48. The third-order valence-corrected chi connectivity index (χ3v) is 7.96. The molecule has 1 N–H and O–H groups in total. The first-order valence-corrected chi connectivity index (χ1v) is 12.8. The molecule has 0 radical (unpaired) electrons. The van der Waals surface area contributed by atoms with E-state index in [9.17, 15) is 18.0 Å². The number of nitrogens with one attached hydrogen (secondary N) is 1. The van der Waals surface area contributed by atoms with Gasteiger partial charge in [-0.15, -0.1) is 0 Å². The molecule has 176 valence electrons. The molecule has 0 saturated carbocycles. The molecule has 2 fully saturated rings. The van der Waals surface area contributed by atoms with Crippen LogP contribution in [0.5, 0.6) is 0 Å². The summed E-state index contributed by atoms with van der Waals surface area (Å²) in [5.41, 5.74) is 1.14. The Labute approximate surface area is 194 Å². The lowest BCUT2D eigenvalue weighted by Crippen LogP contribution is -2.41. The number of carbonyl (C=O) groups is 2. The lowest BCUT2D eigenvalue weighted by atomic mass is 10.1. The second-order valence-electron chi connectivity index (χ2n) is 8.25. The number of rotatable bonds is 5. The summed E-state index contributed by atoms with van der Waals surface area (Å²) in [7, 11) is -3.82. The molecule has 2 heterocycles. The predicted molar refractivity (Wildman–Crippen MR) is 125 cm³/mol. The molecule has 4 rings (SSSR count). The van der Waals surface area contributed by atoms with E-state index in [0.717, 1.165) is 38.8 Å². The van der Waals surface area contributed by atoms with Crippen LogP contribution in [0.3, 0.4) is 0 Å². The summed E-state index contributed by atoms with van der Waals surface area (Å²) in [5.74, 6) is -0.522. The number of carbonyl (C=O) groups excluding carboxylic acids is 2. The molecule has 0 aromatic heterocycles. The molecule has 2 saturated heterocycles. The first kappa shape index (κ1) is 23.4. The molecule has 2 aliphatic rings.